The zero-order valence-corrected chi connectivity index (χ0v) is 9.54. The number of rotatable bonds is 8. The number of hydrogen-bond acceptors (Lipinski definition) is 4. The highest BCUT2D eigenvalue weighted by atomic mass is 16.3. The predicted molar refractivity (Wildman–Crippen MR) is 60.4 cm³/mol. The van der Waals surface area contributed by atoms with Crippen LogP contribution in [-0.4, -0.2) is 42.4 Å². The second-order valence-electron chi connectivity index (χ2n) is 3.12. The molecule has 0 unspecified atom stereocenters. The fourth-order valence-electron chi connectivity index (χ4n) is 0.832. The van der Waals surface area contributed by atoms with E-state index in [1.807, 2.05) is 0 Å². The van der Waals surface area contributed by atoms with Crippen LogP contribution in [-0.2, 0) is 4.79 Å². The van der Waals surface area contributed by atoms with Gasteiger partial charge in [0, 0.05) is 19.5 Å². The van der Waals surface area contributed by atoms with Crippen LogP contribution in [0, 0.1) is 0 Å². The minimum absolute atomic E-state index is 0.139. The van der Waals surface area contributed by atoms with Crippen LogP contribution in [0.25, 0.3) is 0 Å². The molecule has 0 aromatic heterocycles. The monoisotopic (exact) mass is 220 g/mol. The first-order valence-corrected chi connectivity index (χ1v) is 5.39. The topological polar surface area (TPSA) is 95.6 Å². The maximum absolute atomic E-state index is 10.1. The summed E-state index contributed by atoms with van der Waals surface area (Å²) in [4.78, 5) is 10.1. The van der Waals surface area contributed by atoms with Crippen molar-refractivity contribution < 1.29 is 15.0 Å². The summed E-state index contributed by atoms with van der Waals surface area (Å²) in [7, 11) is 0. The molecule has 0 saturated heterocycles. The smallest absolute Gasteiger partial charge is 0.217 e. The Bertz CT molecular complexity index is 128. The van der Waals surface area contributed by atoms with E-state index < -0.39 is 0 Å². The second kappa shape index (κ2) is 15.8. The maximum Gasteiger partial charge on any atom is 0.217 e. The summed E-state index contributed by atoms with van der Waals surface area (Å²) in [5.74, 6) is -0.182. The minimum atomic E-state index is -0.182. The number of aliphatic hydroxyl groups is 2. The molecule has 0 aliphatic rings. The lowest BCUT2D eigenvalue weighted by Crippen LogP contribution is -2.21. The molecule has 1 amide bonds. The first-order chi connectivity index (χ1) is 7.18. The molecular formula is C10H24N2O3. The summed E-state index contributed by atoms with van der Waals surface area (Å²) >= 11 is 0. The Balaban J connectivity index is 0. The molecule has 0 aromatic rings. The lowest BCUT2D eigenvalue weighted by atomic mass is 10.2. The highest BCUT2D eigenvalue weighted by Gasteiger charge is 1.90. The second-order valence-corrected chi connectivity index (χ2v) is 3.12. The van der Waals surface area contributed by atoms with Gasteiger partial charge in [0.25, 0.3) is 0 Å². The summed E-state index contributed by atoms with van der Waals surface area (Å²) in [5.41, 5.74) is 4.89. The Labute approximate surface area is 91.7 Å². The van der Waals surface area contributed by atoms with Crippen molar-refractivity contribution in [2.45, 2.75) is 32.6 Å². The summed E-state index contributed by atoms with van der Waals surface area (Å²) < 4.78 is 0. The van der Waals surface area contributed by atoms with Crippen LogP contribution in [0.15, 0.2) is 0 Å². The van der Waals surface area contributed by atoms with E-state index in [1.54, 1.807) is 0 Å². The van der Waals surface area contributed by atoms with Gasteiger partial charge >= 0.3 is 0 Å². The highest BCUT2D eigenvalue weighted by Crippen LogP contribution is 1.96. The number of hydrogen-bond donors (Lipinski definition) is 4. The molecule has 5 N–H and O–H groups in total. The van der Waals surface area contributed by atoms with Gasteiger partial charge in [-0.05, 0) is 6.42 Å². The largest absolute Gasteiger partial charge is 0.395 e. The van der Waals surface area contributed by atoms with Gasteiger partial charge < -0.3 is 21.3 Å². The predicted octanol–water partition coefficient (Wildman–Crippen LogP) is -0.387. The van der Waals surface area contributed by atoms with Crippen molar-refractivity contribution in [1.82, 2.24) is 5.32 Å². The van der Waals surface area contributed by atoms with Crippen molar-refractivity contribution in [3.05, 3.63) is 0 Å². The third kappa shape index (κ3) is 24.7. The number of unbranched alkanes of at least 4 members (excludes halogenated alkanes) is 2. The number of primary amides is 1. The van der Waals surface area contributed by atoms with Crippen LogP contribution in [0.1, 0.15) is 32.6 Å². The number of carbonyl (C=O) groups excluding carboxylic acids is 1. The molecule has 5 heteroatoms. The van der Waals surface area contributed by atoms with Crippen molar-refractivity contribution in [2.75, 3.05) is 26.3 Å². The third-order valence-corrected chi connectivity index (χ3v) is 1.60. The van der Waals surface area contributed by atoms with E-state index in [2.05, 4.69) is 12.2 Å². The minimum Gasteiger partial charge on any atom is -0.395 e. The molecule has 0 aliphatic heterocycles. The van der Waals surface area contributed by atoms with Gasteiger partial charge in [0.15, 0.2) is 0 Å². The van der Waals surface area contributed by atoms with E-state index in [-0.39, 0.29) is 19.1 Å². The van der Waals surface area contributed by atoms with Crippen molar-refractivity contribution in [3.63, 3.8) is 0 Å². The van der Waals surface area contributed by atoms with Crippen molar-refractivity contribution in [2.24, 2.45) is 5.73 Å². The summed E-state index contributed by atoms with van der Waals surface area (Å²) in [6, 6.07) is 0. The van der Waals surface area contributed by atoms with E-state index in [9.17, 15) is 4.79 Å². The number of aliphatic hydroxyl groups excluding tert-OH is 2. The van der Waals surface area contributed by atoms with E-state index in [4.69, 9.17) is 15.9 Å². The zero-order chi connectivity index (χ0) is 11.9. The Morgan fingerprint density at radius 1 is 1.20 bits per heavy atom. The van der Waals surface area contributed by atoms with Gasteiger partial charge in [-0.1, -0.05) is 19.8 Å². The average molecular weight is 220 g/mol. The molecule has 15 heavy (non-hydrogen) atoms. The summed E-state index contributed by atoms with van der Waals surface area (Å²) in [6.45, 7) is 3.52. The molecule has 0 aliphatic carbocycles. The summed E-state index contributed by atoms with van der Waals surface area (Å²) in [5, 5.41) is 19.1. The zero-order valence-electron chi connectivity index (χ0n) is 9.54. The molecular weight excluding hydrogens is 196 g/mol. The van der Waals surface area contributed by atoms with E-state index in [1.165, 1.54) is 0 Å². The molecule has 0 heterocycles. The first-order valence-electron chi connectivity index (χ1n) is 5.39. The number of nitrogens with one attached hydrogen (secondary N) is 1. The number of nitrogens with two attached hydrogens (primary N) is 1. The lowest BCUT2D eigenvalue weighted by Gasteiger charge is -1.94. The Hall–Kier alpha value is -0.650. The van der Waals surface area contributed by atoms with Crippen LogP contribution in [0.4, 0.5) is 0 Å². The van der Waals surface area contributed by atoms with Crippen molar-refractivity contribution in [1.29, 1.82) is 0 Å². The highest BCUT2D eigenvalue weighted by molar-refractivity contribution is 5.73. The van der Waals surface area contributed by atoms with Gasteiger partial charge in [-0.15, -0.1) is 0 Å². The third-order valence-electron chi connectivity index (χ3n) is 1.60. The van der Waals surface area contributed by atoms with Gasteiger partial charge in [-0.2, -0.15) is 0 Å². The van der Waals surface area contributed by atoms with Crippen molar-refractivity contribution in [3.8, 4) is 0 Å². The molecule has 92 valence electrons. The molecule has 0 atom stereocenters. The van der Waals surface area contributed by atoms with E-state index in [0.29, 0.717) is 19.5 Å². The first kappa shape index (κ1) is 16.8. The van der Waals surface area contributed by atoms with Crippen LogP contribution in [0.5, 0.6) is 0 Å². The fourth-order valence-corrected chi connectivity index (χ4v) is 0.832. The SMILES string of the molecule is CCCCCC(N)=O.OCCNCCO. The molecule has 0 fully saturated rings. The maximum atomic E-state index is 10.1. The van der Waals surface area contributed by atoms with Gasteiger partial charge in [0.2, 0.25) is 5.91 Å². The molecule has 0 rings (SSSR count). The van der Waals surface area contributed by atoms with Crippen LogP contribution >= 0.6 is 0 Å². The Morgan fingerprint density at radius 3 is 2.07 bits per heavy atom. The van der Waals surface area contributed by atoms with Gasteiger partial charge in [0.1, 0.15) is 0 Å². The molecule has 0 radical (unpaired) electrons. The number of carbonyl (C=O) groups is 1. The van der Waals surface area contributed by atoms with Crippen molar-refractivity contribution >= 4 is 5.91 Å². The standard InChI is InChI=1S/C6H13NO.C4H11NO2/c1-2-3-4-5-6(7)8;6-3-1-5-2-4-7/h2-5H2,1H3,(H2,7,8);5-7H,1-4H2. The molecule has 0 aromatic carbocycles. The van der Waals surface area contributed by atoms with Crippen LogP contribution in [0.2, 0.25) is 0 Å². The molecule has 0 spiro atoms. The number of amides is 1. The Morgan fingerprint density at radius 2 is 1.73 bits per heavy atom. The fraction of sp³-hybridized carbons (Fsp3) is 0.900. The summed E-state index contributed by atoms with van der Waals surface area (Å²) in [6.07, 6.45) is 3.76. The molecule has 0 saturated carbocycles. The quantitative estimate of drug-likeness (QED) is 0.419. The van der Waals surface area contributed by atoms with Gasteiger partial charge in [-0.3, -0.25) is 4.79 Å². The molecule has 0 bridgehead atoms. The van der Waals surface area contributed by atoms with E-state index in [0.717, 1.165) is 19.3 Å². The van der Waals surface area contributed by atoms with Crippen LogP contribution < -0.4 is 11.1 Å². The Kier molecular flexibility index (Phi) is 17.7. The lowest BCUT2D eigenvalue weighted by molar-refractivity contribution is -0.118. The normalized spacial score (nSPS) is 9.27. The van der Waals surface area contributed by atoms with Crippen LogP contribution in [0.3, 0.4) is 0 Å². The van der Waals surface area contributed by atoms with Gasteiger partial charge in [0.05, 0.1) is 13.2 Å². The van der Waals surface area contributed by atoms with E-state index >= 15 is 0 Å². The van der Waals surface area contributed by atoms with Gasteiger partial charge in [-0.25, -0.2) is 0 Å². The molecule has 5 nitrogen and oxygen atoms in total. The average Bonchev–Trinajstić information content (AvgIpc) is 2.20.